The van der Waals surface area contributed by atoms with Crippen LogP contribution < -0.4 is 5.73 Å². The molecule has 0 unspecified atom stereocenters. The Labute approximate surface area is 120 Å². The van der Waals surface area contributed by atoms with Crippen LogP contribution in [0.5, 0.6) is 0 Å². The summed E-state index contributed by atoms with van der Waals surface area (Å²) >= 11 is 5.80. The zero-order valence-corrected chi connectivity index (χ0v) is 11.4. The third-order valence-electron chi connectivity index (χ3n) is 2.87. The second-order valence-electron chi connectivity index (χ2n) is 4.36. The largest absolute Gasteiger partial charge is 0.399 e. The first-order valence-electron chi connectivity index (χ1n) is 5.95. The van der Waals surface area contributed by atoms with Crippen molar-refractivity contribution in [2.24, 2.45) is 0 Å². The maximum atomic E-state index is 5.80. The average Bonchev–Trinajstić information content (AvgIpc) is 2.92. The topological polar surface area (TPSA) is 77.8 Å². The van der Waals surface area contributed by atoms with Crippen LogP contribution in [0.15, 0.2) is 41.1 Å². The summed E-state index contributed by atoms with van der Waals surface area (Å²) in [5.74, 6) is 0.833. The van der Waals surface area contributed by atoms with E-state index in [1.165, 1.54) is 0 Å². The highest BCUT2D eigenvalue weighted by molar-refractivity contribution is 6.30. The number of nitrogens with two attached hydrogens (primary N) is 1. The van der Waals surface area contributed by atoms with Gasteiger partial charge >= 0.3 is 0 Å². The molecule has 20 heavy (non-hydrogen) atoms. The van der Waals surface area contributed by atoms with Gasteiger partial charge in [0.1, 0.15) is 5.69 Å². The highest BCUT2D eigenvalue weighted by Gasteiger charge is 2.13. The van der Waals surface area contributed by atoms with E-state index in [9.17, 15) is 0 Å². The number of halogens is 1. The van der Waals surface area contributed by atoms with Crippen LogP contribution in [0.2, 0.25) is 5.02 Å². The molecule has 0 spiro atoms. The lowest BCUT2D eigenvalue weighted by atomic mass is 10.1. The molecule has 3 rings (SSSR count). The van der Waals surface area contributed by atoms with Gasteiger partial charge in [-0.3, -0.25) is 4.98 Å². The third-order valence-corrected chi connectivity index (χ3v) is 3.10. The minimum Gasteiger partial charge on any atom is -0.399 e. The van der Waals surface area contributed by atoms with Crippen molar-refractivity contribution in [3.8, 4) is 23.0 Å². The molecule has 3 aromatic rings. The van der Waals surface area contributed by atoms with Gasteiger partial charge in [-0.25, -0.2) is 0 Å². The Hall–Kier alpha value is -2.40. The molecule has 0 bridgehead atoms. The van der Waals surface area contributed by atoms with Crippen molar-refractivity contribution in [3.05, 3.63) is 47.1 Å². The summed E-state index contributed by atoms with van der Waals surface area (Å²) in [7, 11) is 0. The van der Waals surface area contributed by atoms with E-state index in [-0.39, 0.29) is 0 Å². The number of nitrogen functional groups attached to an aromatic ring is 1. The normalized spacial score (nSPS) is 10.7. The van der Waals surface area contributed by atoms with E-state index < -0.39 is 0 Å². The summed E-state index contributed by atoms with van der Waals surface area (Å²) in [6, 6.07) is 9.02. The molecule has 0 fully saturated rings. The van der Waals surface area contributed by atoms with Gasteiger partial charge < -0.3 is 10.3 Å². The van der Waals surface area contributed by atoms with Crippen molar-refractivity contribution in [1.29, 1.82) is 0 Å². The molecule has 0 saturated heterocycles. The fourth-order valence-corrected chi connectivity index (χ4v) is 1.93. The van der Waals surface area contributed by atoms with E-state index >= 15 is 0 Å². The van der Waals surface area contributed by atoms with E-state index in [0.29, 0.717) is 28.1 Å². The van der Waals surface area contributed by atoms with E-state index in [1.807, 2.05) is 25.1 Å². The van der Waals surface area contributed by atoms with Crippen LogP contribution in [-0.4, -0.2) is 15.1 Å². The minimum absolute atomic E-state index is 0.415. The number of hydrogen-bond donors (Lipinski definition) is 1. The standard InChI is InChI=1S/C14H11ClN4O/c1-8-2-4-10(16)6-11(8)14-18-13(19-20-14)12-5-3-9(15)7-17-12/h2-7H,16H2,1H3. The molecule has 5 nitrogen and oxygen atoms in total. The van der Waals surface area contributed by atoms with Crippen LogP contribution in [0, 0.1) is 6.92 Å². The van der Waals surface area contributed by atoms with Gasteiger partial charge in [0.2, 0.25) is 5.82 Å². The quantitative estimate of drug-likeness (QED) is 0.731. The second-order valence-corrected chi connectivity index (χ2v) is 4.80. The maximum absolute atomic E-state index is 5.80. The molecular formula is C14H11ClN4O. The van der Waals surface area contributed by atoms with E-state index in [1.54, 1.807) is 18.3 Å². The predicted molar refractivity (Wildman–Crippen MR) is 77.1 cm³/mol. The van der Waals surface area contributed by atoms with E-state index in [2.05, 4.69) is 15.1 Å². The number of pyridine rings is 1. The number of rotatable bonds is 2. The first kappa shape index (κ1) is 12.6. The Kier molecular flexibility index (Phi) is 3.12. The molecule has 0 radical (unpaired) electrons. The van der Waals surface area contributed by atoms with Crippen LogP contribution in [0.25, 0.3) is 23.0 Å². The highest BCUT2D eigenvalue weighted by Crippen LogP contribution is 2.26. The number of nitrogens with zero attached hydrogens (tertiary/aromatic N) is 3. The number of hydrogen-bond acceptors (Lipinski definition) is 5. The SMILES string of the molecule is Cc1ccc(N)cc1-c1nc(-c2ccc(Cl)cn2)no1. The molecule has 0 aliphatic rings. The van der Waals surface area contributed by atoms with Crippen LogP contribution in [0.4, 0.5) is 5.69 Å². The van der Waals surface area contributed by atoms with Crippen molar-refractivity contribution < 1.29 is 4.52 Å². The van der Waals surface area contributed by atoms with Crippen molar-refractivity contribution >= 4 is 17.3 Å². The summed E-state index contributed by atoms with van der Waals surface area (Å²) in [5, 5.41) is 4.49. The Morgan fingerprint density at radius 3 is 2.80 bits per heavy atom. The van der Waals surface area contributed by atoms with Gasteiger partial charge in [-0.1, -0.05) is 22.8 Å². The smallest absolute Gasteiger partial charge is 0.258 e. The Bertz CT molecular complexity index is 752. The van der Waals surface area contributed by atoms with Gasteiger partial charge in [0, 0.05) is 17.4 Å². The monoisotopic (exact) mass is 286 g/mol. The van der Waals surface area contributed by atoms with Gasteiger partial charge in [0.05, 0.1) is 5.02 Å². The molecule has 2 N–H and O–H groups in total. The maximum Gasteiger partial charge on any atom is 0.258 e. The number of benzene rings is 1. The number of aromatic nitrogens is 3. The van der Waals surface area contributed by atoms with Crippen molar-refractivity contribution in [1.82, 2.24) is 15.1 Å². The van der Waals surface area contributed by atoms with Crippen LogP contribution in [0.3, 0.4) is 0 Å². The fourth-order valence-electron chi connectivity index (χ4n) is 1.82. The van der Waals surface area contributed by atoms with E-state index in [0.717, 1.165) is 11.1 Å². The first-order chi connectivity index (χ1) is 9.63. The van der Waals surface area contributed by atoms with Gasteiger partial charge in [-0.2, -0.15) is 4.98 Å². The lowest BCUT2D eigenvalue weighted by Gasteiger charge is -2.01. The molecule has 0 aliphatic heterocycles. The highest BCUT2D eigenvalue weighted by atomic mass is 35.5. The molecule has 2 heterocycles. The lowest BCUT2D eigenvalue weighted by molar-refractivity contribution is 0.432. The molecule has 0 saturated carbocycles. The van der Waals surface area contributed by atoms with Gasteiger partial charge in [0.15, 0.2) is 0 Å². The Balaban J connectivity index is 2.01. The molecule has 0 atom stereocenters. The summed E-state index contributed by atoms with van der Waals surface area (Å²) < 4.78 is 5.28. The minimum atomic E-state index is 0.415. The molecule has 0 amide bonds. The third kappa shape index (κ3) is 2.35. The average molecular weight is 287 g/mol. The van der Waals surface area contributed by atoms with Crippen molar-refractivity contribution in [3.63, 3.8) is 0 Å². The summed E-state index contributed by atoms with van der Waals surface area (Å²) in [4.78, 5) is 8.50. The van der Waals surface area contributed by atoms with Crippen LogP contribution >= 0.6 is 11.6 Å². The Morgan fingerprint density at radius 1 is 1.20 bits per heavy atom. The predicted octanol–water partition coefficient (Wildman–Crippen LogP) is 3.34. The summed E-state index contributed by atoms with van der Waals surface area (Å²) in [6.45, 7) is 1.96. The molecule has 2 aromatic heterocycles. The summed E-state index contributed by atoms with van der Waals surface area (Å²) in [6.07, 6.45) is 1.54. The molecule has 1 aromatic carbocycles. The van der Waals surface area contributed by atoms with Gasteiger partial charge in [0.25, 0.3) is 5.89 Å². The zero-order chi connectivity index (χ0) is 14.1. The van der Waals surface area contributed by atoms with Crippen molar-refractivity contribution in [2.45, 2.75) is 6.92 Å². The number of aryl methyl sites for hydroxylation is 1. The fraction of sp³-hybridized carbons (Fsp3) is 0.0714. The van der Waals surface area contributed by atoms with Crippen LogP contribution in [0.1, 0.15) is 5.56 Å². The molecule has 100 valence electrons. The molecule has 6 heteroatoms. The summed E-state index contributed by atoms with van der Waals surface area (Å²) in [5.41, 5.74) is 8.86. The first-order valence-corrected chi connectivity index (χ1v) is 6.33. The van der Waals surface area contributed by atoms with Crippen molar-refractivity contribution in [2.75, 3.05) is 5.73 Å². The molecular weight excluding hydrogens is 276 g/mol. The van der Waals surface area contributed by atoms with Gasteiger partial charge in [-0.05, 0) is 36.8 Å². The Morgan fingerprint density at radius 2 is 2.05 bits per heavy atom. The number of anilines is 1. The second kappa shape index (κ2) is 4.94. The van der Waals surface area contributed by atoms with E-state index in [4.69, 9.17) is 21.9 Å². The zero-order valence-electron chi connectivity index (χ0n) is 10.7. The lowest BCUT2D eigenvalue weighted by Crippen LogP contribution is -1.89. The molecule has 0 aliphatic carbocycles. The van der Waals surface area contributed by atoms with Gasteiger partial charge in [-0.15, -0.1) is 0 Å². The van der Waals surface area contributed by atoms with Crippen LogP contribution in [-0.2, 0) is 0 Å².